The Morgan fingerprint density at radius 3 is 2.56 bits per heavy atom. The van der Waals surface area contributed by atoms with Crippen LogP contribution >= 0.6 is 11.3 Å². The molecule has 1 aromatic rings. The maximum Gasteiger partial charge on any atom is 0.182 e. The third-order valence-electron chi connectivity index (χ3n) is 3.38. The van der Waals surface area contributed by atoms with Crippen molar-refractivity contribution in [2.75, 3.05) is 25.0 Å². The van der Waals surface area contributed by atoms with Crippen LogP contribution in [-0.2, 0) is 6.54 Å². The molecule has 104 valence electrons. The van der Waals surface area contributed by atoms with Crippen LogP contribution in [0.4, 0.5) is 5.13 Å². The topological polar surface area (TPSA) is 28.2 Å². The number of hydrogen-bond acceptors (Lipinski definition) is 4. The van der Waals surface area contributed by atoms with E-state index in [2.05, 4.69) is 42.9 Å². The van der Waals surface area contributed by atoms with Crippen molar-refractivity contribution in [1.29, 1.82) is 0 Å². The Hall–Kier alpha value is -0.610. The van der Waals surface area contributed by atoms with Gasteiger partial charge < -0.3 is 5.32 Å². The molecule has 0 aliphatic rings. The molecule has 0 unspecified atom stereocenters. The zero-order chi connectivity index (χ0) is 13.4. The lowest BCUT2D eigenvalue weighted by molar-refractivity contribution is 0.228. The van der Waals surface area contributed by atoms with Crippen LogP contribution in [0.25, 0.3) is 0 Å². The molecule has 0 fully saturated rings. The van der Waals surface area contributed by atoms with Gasteiger partial charge in [-0.25, -0.2) is 4.98 Å². The highest BCUT2D eigenvalue weighted by atomic mass is 32.1. The summed E-state index contributed by atoms with van der Waals surface area (Å²) in [6, 6.07) is 0. The van der Waals surface area contributed by atoms with Crippen LogP contribution in [0, 0.1) is 5.92 Å². The van der Waals surface area contributed by atoms with E-state index in [1.165, 1.54) is 24.3 Å². The Labute approximate surface area is 116 Å². The predicted molar refractivity (Wildman–Crippen MR) is 81.3 cm³/mol. The Morgan fingerprint density at radius 2 is 2.00 bits per heavy atom. The summed E-state index contributed by atoms with van der Waals surface area (Å²) < 4.78 is 0. The van der Waals surface area contributed by atoms with Gasteiger partial charge in [0.05, 0.1) is 0 Å². The quantitative estimate of drug-likeness (QED) is 0.738. The van der Waals surface area contributed by atoms with Crippen molar-refractivity contribution in [3.8, 4) is 0 Å². The monoisotopic (exact) mass is 269 g/mol. The highest BCUT2D eigenvalue weighted by Crippen LogP contribution is 2.20. The number of nitrogens with zero attached hydrogens (tertiary/aromatic N) is 2. The van der Waals surface area contributed by atoms with E-state index in [9.17, 15) is 0 Å². The summed E-state index contributed by atoms with van der Waals surface area (Å²) in [5.74, 6) is 0.825. The molecular formula is C14H27N3S. The number of thiazole rings is 1. The Bertz CT molecular complexity index is 321. The normalized spacial score (nSPS) is 11.4. The fourth-order valence-electron chi connectivity index (χ4n) is 2.05. The molecule has 1 rings (SSSR count). The van der Waals surface area contributed by atoms with Gasteiger partial charge in [0.25, 0.3) is 0 Å². The molecule has 18 heavy (non-hydrogen) atoms. The summed E-state index contributed by atoms with van der Waals surface area (Å²) in [6.45, 7) is 13.2. The Kier molecular flexibility index (Phi) is 7.28. The van der Waals surface area contributed by atoms with Gasteiger partial charge in [0.1, 0.15) is 0 Å². The van der Waals surface area contributed by atoms with Crippen LogP contribution in [0.1, 0.15) is 45.4 Å². The van der Waals surface area contributed by atoms with Crippen molar-refractivity contribution in [3.05, 3.63) is 11.1 Å². The lowest BCUT2D eigenvalue weighted by Crippen LogP contribution is -2.28. The van der Waals surface area contributed by atoms with E-state index >= 15 is 0 Å². The summed E-state index contributed by atoms with van der Waals surface area (Å²) in [7, 11) is 0. The van der Waals surface area contributed by atoms with Crippen molar-refractivity contribution >= 4 is 16.5 Å². The zero-order valence-electron chi connectivity index (χ0n) is 12.2. The minimum atomic E-state index is 0.825. The van der Waals surface area contributed by atoms with Crippen molar-refractivity contribution < 1.29 is 0 Å². The van der Waals surface area contributed by atoms with E-state index in [1.807, 2.05) is 6.20 Å². The summed E-state index contributed by atoms with van der Waals surface area (Å²) in [5, 5.41) is 4.32. The lowest BCUT2D eigenvalue weighted by atomic mass is 10.0. The second kappa shape index (κ2) is 8.48. The summed E-state index contributed by atoms with van der Waals surface area (Å²) in [6.07, 6.45) is 4.56. The van der Waals surface area contributed by atoms with Crippen LogP contribution in [0.2, 0.25) is 0 Å². The first kappa shape index (κ1) is 15.4. The van der Waals surface area contributed by atoms with Gasteiger partial charge in [-0.15, -0.1) is 11.3 Å². The third kappa shape index (κ3) is 4.94. The highest BCUT2D eigenvalue weighted by Gasteiger charge is 2.11. The van der Waals surface area contributed by atoms with E-state index in [-0.39, 0.29) is 0 Å². The van der Waals surface area contributed by atoms with Crippen LogP contribution in [0.5, 0.6) is 0 Å². The standard InChI is InChI=1S/C14H27N3S/c1-5-12(6-2)10-17(8-4)11-13-9-16-14(18-13)15-7-3/h9,12H,5-8,10-11H2,1-4H3,(H,15,16). The van der Waals surface area contributed by atoms with Crippen LogP contribution in [0.3, 0.4) is 0 Å². The molecule has 1 heterocycles. The summed E-state index contributed by atoms with van der Waals surface area (Å²) >= 11 is 1.78. The van der Waals surface area contributed by atoms with Crippen molar-refractivity contribution in [1.82, 2.24) is 9.88 Å². The molecule has 3 nitrogen and oxygen atoms in total. The van der Waals surface area contributed by atoms with Gasteiger partial charge in [0.15, 0.2) is 5.13 Å². The number of nitrogens with one attached hydrogen (secondary N) is 1. The molecule has 0 atom stereocenters. The molecule has 0 amide bonds. The van der Waals surface area contributed by atoms with Crippen molar-refractivity contribution in [3.63, 3.8) is 0 Å². The fourth-order valence-corrected chi connectivity index (χ4v) is 2.97. The lowest BCUT2D eigenvalue weighted by Gasteiger charge is -2.24. The number of aromatic nitrogens is 1. The first-order valence-corrected chi connectivity index (χ1v) is 7.95. The first-order valence-electron chi connectivity index (χ1n) is 7.14. The fraction of sp³-hybridized carbons (Fsp3) is 0.786. The second-order valence-corrected chi connectivity index (χ2v) is 5.79. The van der Waals surface area contributed by atoms with Crippen molar-refractivity contribution in [2.45, 2.75) is 47.1 Å². The smallest absolute Gasteiger partial charge is 0.182 e. The van der Waals surface area contributed by atoms with Gasteiger partial charge in [-0.05, 0) is 19.4 Å². The average Bonchev–Trinajstić information content (AvgIpc) is 2.82. The predicted octanol–water partition coefficient (Wildman–Crippen LogP) is 3.83. The Balaban J connectivity index is 2.50. The Morgan fingerprint density at radius 1 is 1.28 bits per heavy atom. The van der Waals surface area contributed by atoms with Gasteiger partial charge in [-0.2, -0.15) is 0 Å². The molecular weight excluding hydrogens is 242 g/mol. The highest BCUT2D eigenvalue weighted by molar-refractivity contribution is 7.15. The SMILES string of the molecule is CCNc1ncc(CN(CC)CC(CC)CC)s1. The molecule has 1 N–H and O–H groups in total. The molecule has 0 spiro atoms. The molecule has 0 saturated heterocycles. The van der Waals surface area contributed by atoms with Gasteiger partial charge in [-0.1, -0.05) is 33.6 Å². The summed E-state index contributed by atoms with van der Waals surface area (Å²) in [5.41, 5.74) is 0. The van der Waals surface area contributed by atoms with Crippen LogP contribution in [-0.4, -0.2) is 29.5 Å². The largest absolute Gasteiger partial charge is 0.362 e. The summed E-state index contributed by atoms with van der Waals surface area (Å²) in [4.78, 5) is 8.28. The van der Waals surface area contributed by atoms with Crippen molar-refractivity contribution in [2.24, 2.45) is 5.92 Å². The van der Waals surface area contributed by atoms with Crippen LogP contribution in [0.15, 0.2) is 6.20 Å². The van der Waals surface area contributed by atoms with Gasteiger partial charge in [0.2, 0.25) is 0 Å². The maximum absolute atomic E-state index is 4.39. The molecule has 0 aliphatic carbocycles. The van der Waals surface area contributed by atoms with Gasteiger partial charge in [-0.3, -0.25) is 4.90 Å². The molecule has 0 radical (unpaired) electrons. The zero-order valence-corrected chi connectivity index (χ0v) is 13.0. The molecule has 0 bridgehead atoms. The van der Waals surface area contributed by atoms with E-state index < -0.39 is 0 Å². The number of anilines is 1. The molecule has 0 saturated carbocycles. The van der Waals surface area contributed by atoms with E-state index in [4.69, 9.17) is 0 Å². The minimum absolute atomic E-state index is 0.825. The van der Waals surface area contributed by atoms with Gasteiger partial charge >= 0.3 is 0 Å². The molecule has 1 aromatic heterocycles. The second-order valence-electron chi connectivity index (χ2n) is 4.67. The minimum Gasteiger partial charge on any atom is -0.362 e. The molecule has 4 heteroatoms. The van der Waals surface area contributed by atoms with E-state index in [0.717, 1.165) is 30.7 Å². The average molecular weight is 269 g/mol. The number of rotatable bonds is 9. The maximum atomic E-state index is 4.39. The van der Waals surface area contributed by atoms with E-state index in [0.29, 0.717) is 0 Å². The van der Waals surface area contributed by atoms with E-state index in [1.54, 1.807) is 11.3 Å². The molecule has 0 aliphatic heterocycles. The number of hydrogen-bond donors (Lipinski definition) is 1. The van der Waals surface area contributed by atoms with Gasteiger partial charge in [0, 0.05) is 30.7 Å². The molecule has 0 aromatic carbocycles. The van der Waals surface area contributed by atoms with Crippen LogP contribution < -0.4 is 5.32 Å². The first-order chi connectivity index (χ1) is 8.73. The third-order valence-corrected chi connectivity index (χ3v) is 4.32.